The first kappa shape index (κ1) is 20.1. The smallest absolute Gasteiger partial charge is 0.191 e. The van der Waals surface area contributed by atoms with E-state index < -0.39 is 0 Å². The van der Waals surface area contributed by atoms with Gasteiger partial charge in [-0.2, -0.15) is 0 Å². The molecule has 2 aromatic rings. The van der Waals surface area contributed by atoms with Gasteiger partial charge in [0.1, 0.15) is 11.5 Å². The number of nitrogens with zero attached hydrogens (tertiary/aromatic N) is 1. The number of aliphatic imine (C=N–C) groups is 1. The van der Waals surface area contributed by atoms with Gasteiger partial charge in [-0.3, -0.25) is 4.99 Å². The van der Waals surface area contributed by atoms with E-state index in [0.29, 0.717) is 13.1 Å². The third-order valence-corrected chi connectivity index (χ3v) is 3.46. The van der Waals surface area contributed by atoms with Crippen LogP contribution in [0.1, 0.15) is 11.1 Å². The highest BCUT2D eigenvalue weighted by atomic mass is 127. The molecule has 0 aliphatic heterocycles. The molecule has 0 radical (unpaired) electrons. The van der Waals surface area contributed by atoms with Crippen LogP contribution in [-0.2, 0) is 13.1 Å². The maximum atomic E-state index is 5.15. The van der Waals surface area contributed by atoms with E-state index in [9.17, 15) is 0 Å². The standard InChI is InChI=1S/C18H23N3O2.HI/c1-19-18(20-12-14-4-8-16(22-2)9-5-14)21-13-15-6-10-17(23-3)11-7-15;/h4-11H,12-13H2,1-3H3,(H2,19,20,21);1H. The third-order valence-electron chi connectivity index (χ3n) is 3.46. The lowest BCUT2D eigenvalue weighted by molar-refractivity contribution is 0.414. The zero-order chi connectivity index (χ0) is 16.5. The lowest BCUT2D eigenvalue weighted by Gasteiger charge is -2.12. The van der Waals surface area contributed by atoms with E-state index in [0.717, 1.165) is 28.6 Å². The number of methoxy groups -OCH3 is 2. The van der Waals surface area contributed by atoms with Crippen molar-refractivity contribution in [3.63, 3.8) is 0 Å². The molecule has 2 rings (SSSR count). The molecule has 0 fully saturated rings. The van der Waals surface area contributed by atoms with Gasteiger partial charge in [0.2, 0.25) is 0 Å². The molecular formula is C18H24IN3O2. The minimum Gasteiger partial charge on any atom is -0.497 e. The Balaban J connectivity index is 0.00000288. The quantitative estimate of drug-likeness (QED) is 0.411. The molecule has 0 aliphatic carbocycles. The zero-order valence-corrected chi connectivity index (χ0v) is 16.5. The predicted octanol–water partition coefficient (Wildman–Crippen LogP) is 3.19. The fraction of sp³-hybridized carbons (Fsp3) is 0.278. The molecule has 0 unspecified atom stereocenters. The van der Waals surface area contributed by atoms with Crippen LogP contribution < -0.4 is 20.1 Å². The van der Waals surface area contributed by atoms with Crippen LogP contribution in [0, 0.1) is 0 Å². The second-order valence-corrected chi connectivity index (χ2v) is 4.98. The first-order valence-electron chi connectivity index (χ1n) is 7.45. The Labute approximate surface area is 160 Å². The Hall–Kier alpha value is -1.96. The predicted molar refractivity (Wildman–Crippen MR) is 108 cm³/mol. The summed E-state index contributed by atoms with van der Waals surface area (Å²) in [5.41, 5.74) is 2.33. The van der Waals surface area contributed by atoms with Crippen molar-refractivity contribution in [1.29, 1.82) is 0 Å². The molecule has 0 heterocycles. The van der Waals surface area contributed by atoms with Crippen molar-refractivity contribution in [2.45, 2.75) is 13.1 Å². The molecule has 0 saturated heterocycles. The highest BCUT2D eigenvalue weighted by Crippen LogP contribution is 2.12. The van der Waals surface area contributed by atoms with Gasteiger partial charge in [0.15, 0.2) is 5.96 Å². The maximum absolute atomic E-state index is 5.15. The summed E-state index contributed by atoms with van der Waals surface area (Å²) in [6.45, 7) is 1.40. The van der Waals surface area contributed by atoms with Gasteiger partial charge in [0, 0.05) is 20.1 Å². The normalized spacial score (nSPS) is 9.46. The molecule has 0 amide bonds. The van der Waals surface area contributed by atoms with Crippen molar-refractivity contribution in [3.8, 4) is 11.5 Å². The number of benzene rings is 2. The van der Waals surface area contributed by atoms with Crippen LogP contribution in [-0.4, -0.2) is 27.2 Å². The summed E-state index contributed by atoms with van der Waals surface area (Å²) in [7, 11) is 5.09. The number of guanidine groups is 1. The van der Waals surface area contributed by atoms with Crippen LogP contribution in [0.2, 0.25) is 0 Å². The molecule has 0 aromatic heterocycles. The van der Waals surface area contributed by atoms with Gasteiger partial charge in [0.05, 0.1) is 14.2 Å². The lowest BCUT2D eigenvalue weighted by atomic mass is 10.2. The van der Waals surface area contributed by atoms with Crippen molar-refractivity contribution in [2.24, 2.45) is 4.99 Å². The van der Waals surface area contributed by atoms with Crippen molar-refractivity contribution in [2.75, 3.05) is 21.3 Å². The van der Waals surface area contributed by atoms with E-state index in [1.54, 1.807) is 21.3 Å². The highest BCUT2D eigenvalue weighted by molar-refractivity contribution is 14.0. The van der Waals surface area contributed by atoms with Gasteiger partial charge in [-0.15, -0.1) is 24.0 Å². The molecule has 24 heavy (non-hydrogen) atoms. The zero-order valence-electron chi connectivity index (χ0n) is 14.2. The Morgan fingerprint density at radius 1 is 0.792 bits per heavy atom. The van der Waals surface area contributed by atoms with Gasteiger partial charge in [-0.1, -0.05) is 24.3 Å². The maximum Gasteiger partial charge on any atom is 0.191 e. The van der Waals surface area contributed by atoms with Crippen LogP contribution in [0.5, 0.6) is 11.5 Å². The Morgan fingerprint density at radius 3 is 1.46 bits per heavy atom. The number of rotatable bonds is 6. The minimum absolute atomic E-state index is 0. The van der Waals surface area contributed by atoms with E-state index in [1.807, 2.05) is 48.5 Å². The summed E-state index contributed by atoms with van der Waals surface area (Å²) in [4.78, 5) is 4.23. The van der Waals surface area contributed by atoms with Crippen molar-refractivity contribution >= 4 is 29.9 Å². The number of nitrogens with one attached hydrogen (secondary N) is 2. The summed E-state index contributed by atoms with van der Waals surface area (Å²) in [6.07, 6.45) is 0. The van der Waals surface area contributed by atoms with Crippen molar-refractivity contribution in [1.82, 2.24) is 10.6 Å². The van der Waals surface area contributed by atoms with Crippen LogP contribution in [0.25, 0.3) is 0 Å². The number of halogens is 1. The summed E-state index contributed by atoms with van der Waals surface area (Å²) in [5.74, 6) is 2.48. The van der Waals surface area contributed by atoms with Gasteiger partial charge in [-0.25, -0.2) is 0 Å². The summed E-state index contributed by atoms with van der Waals surface area (Å²) < 4.78 is 10.3. The molecule has 2 N–H and O–H groups in total. The van der Waals surface area contributed by atoms with Gasteiger partial charge < -0.3 is 20.1 Å². The second kappa shape index (κ2) is 10.7. The monoisotopic (exact) mass is 441 g/mol. The fourth-order valence-electron chi connectivity index (χ4n) is 2.08. The molecule has 5 nitrogen and oxygen atoms in total. The highest BCUT2D eigenvalue weighted by Gasteiger charge is 2.00. The SMILES string of the molecule is CN=C(NCc1ccc(OC)cc1)NCc1ccc(OC)cc1.I. The summed E-state index contributed by atoms with van der Waals surface area (Å²) >= 11 is 0. The summed E-state index contributed by atoms with van der Waals surface area (Å²) in [6, 6.07) is 15.9. The summed E-state index contributed by atoms with van der Waals surface area (Å²) in [5, 5.41) is 6.58. The first-order valence-corrected chi connectivity index (χ1v) is 7.45. The van der Waals surface area contributed by atoms with Gasteiger partial charge in [0.25, 0.3) is 0 Å². The first-order chi connectivity index (χ1) is 11.2. The van der Waals surface area contributed by atoms with Gasteiger partial charge in [-0.05, 0) is 35.4 Å². The Bertz CT molecular complexity index is 574. The lowest BCUT2D eigenvalue weighted by Crippen LogP contribution is -2.36. The van der Waals surface area contributed by atoms with E-state index in [2.05, 4.69) is 15.6 Å². The molecule has 0 bridgehead atoms. The number of hydrogen-bond acceptors (Lipinski definition) is 3. The van der Waals surface area contributed by atoms with Crippen LogP contribution in [0.3, 0.4) is 0 Å². The van der Waals surface area contributed by atoms with E-state index in [-0.39, 0.29) is 24.0 Å². The molecule has 0 aliphatic rings. The van der Waals surface area contributed by atoms with E-state index >= 15 is 0 Å². The Morgan fingerprint density at radius 2 is 1.17 bits per heavy atom. The van der Waals surface area contributed by atoms with Gasteiger partial charge >= 0.3 is 0 Å². The average Bonchev–Trinajstić information content (AvgIpc) is 2.62. The molecular weight excluding hydrogens is 417 g/mol. The van der Waals surface area contributed by atoms with Crippen LogP contribution in [0.15, 0.2) is 53.5 Å². The molecule has 2 aromatic carbocycles. The third kappa shape index (κ3) is 6.27. The molecule has 130 valence electrons. The molecule has 6 heteroatoms. The van der Waals surface area contributed by atoms with Crippen LogP contribution >= 0.6 is 24.0 Å². The number of ether oxygens (including phenoxy) is 2. The number of hydrogen-bond donors (Lipinski definition) is 2. The minimum atomic E-state index is 0. The molecule has 0 saturated carbocycles. The van der Waals surface area contributed by atoms with Crippen LogP contribution in [0.4, 0.5) is 0 Å². The topological polar surface area (TPSA) is 54.9 Å². The second-order valence-electron chi connectivity index (χ2n) is 4.98. The van der Waals surface area contributed by atoms with E-state index in [4.69, 9.17) is 9.47 Å². The van der Waals surface area contributed by atoms with E-state index in [1.165, 1.54) is 0 Å². The average molecular weight is 441 g/mol. The largest absolute Gasteiger partial charge is 0.497 e. The molecule has 0 atom stereocenters. The molecule has 0 spiro atoms. The fourth-order valence-corrected chi connectivity index (χ4v) is 2.08. The van der Waals surface area contributed by atoms with Crippen molar-refractivity contribution < 1.29 is 9.47 Å². The Kier molecular flexibility index (Phi) is 8.99. The van der Waals surface area contributed by atoms with Crippen molar-refractivity contribution in [3.05, 3.63) is 59.7 Å².